The van der Waals surface area contributed by atoms with Gasteiger partial charge in [0.15, 0.2) is 40.2 Å². The first-order valence-electron chi connectivity index (χ1n) is 8.51. The Labute approximate surface area is 164 Å². The minimum atomic E-state index is 0.299. The predicted molar refractivity (Wildman–Crippen MR) is 106 cm³/mol. The van der Waals surface area contributed by atoms with Crippen molar-refractivity contribution >= 4 is 39.7 Å². The molecule has 4 aromatic rings. The Balaban J connectivity index is 1.55. The summed E-state index contributed by atoms with van der Waals surface area (Å²) in [4.78, 5) is 14.0. The van der Waals surface area contributed by atoms with Crippen molar-refractivity contribution in [3.63, 3.8) is 0 Å². The van der Waals surface area contributed by atoms with Gasteiger partial charge in [0.2, 0.25) is 0 Å². The molecule has 1 aliphatic rings. The molecule has 0 saturated heterocycles. The lowest BCUT2D eigenvalue weighted by molar-refractivity contribution is 0.723. The van der Waals surface area contributed by atoms with Crippen LogP contribution in [0.1, 0.15) is 41.3 Å². The first-order valence-corrected chi connectivity index (χ1v) is 9.39. The van der Waals surface area contributed by atoms with E-state index in [1.54, 1.807) is 0 Å². The molecule has 2 unspecified atom stereocenters. The van der Waals surface area contributed by atoms with Gasteiger partial charge in [0.05, 0.1) is 16.9 Å². The van der Waals surface area contributed by atoms with Crippen molar-refractivity contribution < 1.29 is 3.07 Å². The fraction of sp³-hybridized carbons (Fsp3) is 0.333. The molecule has 2 atom stereocenters. The average Bonchev–Trinajstić information content (AvgIpc) is 3.17. The molecule has 1 aliphatic carbocycles. The van der Waals surface area contributed by atoms with E-state index in [9.17, 15) is 0 Å². The van der Waals surface area contributed by atoms with Crippen molar-refractivity contribution in [2.75, 3.05) is 0 Å². The maximum atomic E-state index is 5.43. The van der Waals surface area contributed by atoms with Crippen LogP contribution in [0.2, 0.25) is 0 Å². The molecule has 7 nitrogen and oxygen atoms in total. The van der Waals surface area contributed by atoms with E-state index < -0.39 is 0 Å². The first kappa shape index (κ1) is 16.0. The summed E-state index contributed by atoms with van der Waals surface area (Å²) in [6.45, 7) is 3.97. The zero-order chi connectivity index (χ0) is 18.0. The van der Waals surface area contributed by atoms with E-state index in [1.165, 1.54) is 0 Å². The number of imidazole rings is 1. The van der Waals surface area contributed by atoms with Gasteiger partial charge in [0, 0.05) is 25.1 Å². The van der Waals surface area contributed by atoms with Crippen LogP contribution >= 0.6 is 23.0 Å². The van der Waals surface area contributed by atoms with E-state index in [2.05, 4.69) is 22.7 Å². The van der Waals surface area contributed by atoms with Crippen molar-refractivity contribution in [2.45, 2.75) is 32.1 Å². The second-order valence-corrected chi connectivity index (χ2v) is 7.31. The second kappa shape index (κ2) is 5.63. The van der Waals surface area contributed by atoms with Crippen LogP contribution in [-0.4, -0.2) is 29.1 Å². The van der Waals surface area contributed by atoms with Crippen LogP contribution in [0.5, 0.6) is 5.75 Å². The number of para-hydroxylation sites is 1. The van der Waals surface area contributed by atoms with Crippen LogP contribution in [0.3, 0.4) is 0 Å². The number of hydrogen-bond acceptors (Lipinski definition) is 5. The normalized spacial score (nSPS) is 19.4. The molecule has 132 valence electrons. The highest BCUT2D eigenvalue weighted by molar-refractivity contribution is 14.1. The third-order valence-electron chi connectivity index (χ3n) is 5.17. The molecule has 1 fully saturated rings. The first-order chi connectivity index (χ1) is 12.6. The molecular formula is C18H17IN6O. The van der Waals surface area contributed by atoms with Crippen molar-refractivity contribution in [2.24, 2.45) is 7.05 Å². The van der Waals surface area contributed by atoms with E-state index >= 15 is 0 Å². The Morgan fingerprint density at radius 2 is 2.04 bits per heavy atom. The Morgan fingerprint density at radius 3 is 2.81 bits per heavy atom. The summed E-state index contributed by atoms with van der Waals surface area (Å²) in [7, 11) is 2.06. The number of aromatic nitrogens is 6. The topological polar surface area (TPSA) is 70.1 Å². The number of fused-ring (bicyclic) bond motifs is 2. The van der Waals surface area contributed by atoms with Crippen LogP contribution in [0.4, 0.5) is 0 Å². The minimum Gasteiger partial charge on any atom is -0.425 e. The van der Waals surface area contributed by atoms with E-state index in [0.717, 1.165) is 51.9 Å². The van der Waals surface area contributed by atoms with Gasteiger partial charge in [-0.3, -0.25) is 4.98 Å². The third kappa shape index (κ3) is 2.24. The third-order valence-corrected chi connectivity index (χ3v) is 5.65. The highest BCUT2D eigenvalue weighted by atomic mass is 127. The van der Waals surface area contributed by atoms with Gasteiger partial charge in [0.25, 0.3) is 0 Å². The van der Waals surface area contributed by atoms with Crippen molar-refractivity contribution in [3.05, 3.63) is 47.4 Å². The molecule has 5 rings (SSSR count). The van der Waals surface area contributed by atoms with Crippen LogP contribution in [-0.2, 0) is 7.05 Å². The smallest absolute Gasteiger partial charge is 0.192 e. The largest absolute Gasteiger partial charge is 0.425 e. The molecular weight excluding hydrogens is 443 g/mol. The molecule has 0 bridgehead atoms. The van der Waals surface area contributed by atoms with Crippen LogP contribution in [0, 0.1) is 13.8 Å². The fourth-order valence-corrected chi connectivity index (χ4v) is 3.99. The second-order valence-electron chi connectivity index (χ2n) is 6.87. The molecule has 26 heavy (non-hydrogen) atoms. The van der Waals surface area contributed by atoms with Gasteiger partial charge in [-0.2, -0.15) is 5.10 Å². The molecule has 0 radical (unpaired) electrons. The lowest BCUT2D eigenvalue weighted by Crippen LogP contribution is -1.98. The maximum absolute atomic E-state index is 5.43. The lowest BCUT2D eigenvalue weighted by Gasteiger charge is -2.00. The monoisotopic (exact) mass is 460 g/mol. The summed E-state index contributed by atoms with van der Waals surface area (Å²) in [5.74, 6) is 3.38. The van der Waals surface area contributed by atoms with E-state index in [0.29, 0.717) is 11.8 Å². The summed E-state index contributed by atoms with van der Waals surface area (Å²) in [6, 6.07) is 6.01. The standard InChI is InChI=1S/C18H17IN6O/c1-9-8-20-10(2)17-22-16(23-25(9)17)11-7-12(11)18-21-15-13(24(18)3)5-4-6-14(15)26-19/h4-6,8,11-12H,7H2,1-3H3. The maximum Gasteiger partial charge on any atom is 0.192 e. The number of benzene rings is 1. The summed E-state index contributed by atoms with van der Waals surface area (Å²) in [6.07, 6.45) is 2.85. The quantitative estimate of drug-likeness (QED) is 0.437. The number of aryl methyl sites for hydroxylation is 3. The zero-order valence-corrected chi connectivity index (χ0v) is 16.8. The highest BCUT2D eigenvalue weighted by Gasteiger charge is 2.45. The zero-order valence-electron chi connectivity index (χ0n) is 14.6. The molecule has 1 saturated carbocycles. The molecule has 0 spiro atoms. The molecule has 1 aromatic carbocycles. The minimum absolute atomic E-state index is 0.299. The molecule has 0 amide bonds. The Hall–Kier alpha value is -2.23. The number of hydrogen-bond donors (Lipinski definition) is 0. The van der Waals surface area contributed by atoms with Gasteiger partial charge in [-0.1, -0.05) is 6.07 Å². The lowest BCUT2D eigenvalue weighted by atomic mass is 10.3. The summed E-state index contributed by atoms with van der Waals surface area (Å²) in [5, 5.41) is 4.73. The molecule has 3 aromatic heterocycles. The number of rotatable bonds is 3. The molecule has 0 aliphatic heterocycles. The van der Waals surface area contributed by atoms with Crippen LogP contribution in [0.15, 0.2) is 24.4 Å². The van der Waals surface area contributed by atoms with E-state index in [4.69, 9.17) is 18.1 Å². The van der Waals surface area contributed by atoms with Crippen molar-refractivity contribution in [1.82, 2.24) is 29.1 Å². The Kier molecular flexibility index (Phi) is 3.46. The summed E-state index contributed by atoms with van der Waals surface area (Å²) >= 11 is 1.90. The van der Waals surface area contributed by atoms with Gasteiger partial charge in [-0.05, 0) is 32.4 Å². The van der Waals surface area contributed by atoms with Gasteiger partial charge in [-0.25, -0.2) is 14.5 Å². The van der Waals surface area contributed by atoms with E-state index in [-0.39, 0.29) is 0 Å². The fourth-order valence-electron chi connectivity index (χ4n) is 3.63. The SMILES string of the molecule is Cc1ncc(C)n2nc(C3CC3c3nc4c(OI)cccc4n3C)nc12. The Bertz CT molecular complexity index is 1120. The molecule has 3 heterocycles. The summed E-state index contributed by atoms with van der Waals surface area (Å²) in [5.41, 5.74) is 4.73. The highest BCUT2D eigenvalue weighted by Crippen LogP contribution is 2.53. The predicted octanol–water partition coefficient (Wildman–Crippen LogP) is 3.63. The Morgan fingerprint density at radius 1 is 1.19 bits per heavy atom. The van der Waals surface area contributed by atoms with Crippen molar-refractivity contribution in [3.8, 4) is 5.75 Å². The van der Waals surface area contributed by atoms with Gasteiger partial charge >= 0.3 is 0 Å². The number of halogens is 1. The average molecular weight is 460 g/mol. The summed E-state index contributed by atoms with van der Waals surface area (Å²) < 4.78 is 9.49. The van der Waals surface area contributed by atoms with Gasteiger partial charge in [-0.15, -0.1) is 0 Å². The molecule has 8 heteroatoms. The number of nitrogens with zero attached hydrogens (tertiary/aromatic N) is 6. The molecule has 0 N–H and O–H groups in total. The van der Waals surface area contributed by atoms with Gasteiger partial charge in [0.1, 0.15) is 11.3 Å². The van der Waals surface area contributed by atoms with E-state index in [1.807, 2.05) is 59.7 Å². The van der Waals surface area contributed by atoms with Crippen LogP contribution in [0.25, 0.3) is 16.7 Å². The van der Waals surface area contributed by atoms with Gasteiger partial charge < -0.3 is 7.63 Å². The van der Waals surface area contributed by atoms with Crippen LogP contribution < -0.4 is 3.07 Å². The van der Waals surface area contributed by atoms with Crippen molar-refractivity contribution in [1.29, 1.82) is 0 Å².